The number of ether oxygens (including phenoxy) is 2. The number of halogens is 2. The summed E-state index contributed by atoms with van der Waals surface area (Å²) in [6.45, 7) is 7.19. The smallest absolute Gasteiger partial charge is 0.162 e. The molecule has 0 aromatic heterocycles. The highest BCUT2D eigenvalue weighted by atomic mass is 35.5. The summed E-state index contributed by atoms with van der Waals surface area (Å²) in [7, 11) is 0. The largest absolute Gasteiger partial charge is 0.490 e. The average molecular weight is 291 g/mol. The zero-order valence-corrected chi connectivity index (χ0v) is 12.6. The van der Waals surface area contributed by atoms with Crippen molar-refractivity contribution in [1.82, 2.24) is 0 Å². The van der Waals surface area contributed by atoms with Crippen molar-refractivity contribution in [2.75, 3.05) is 19.1 Å². The summed E-state index contributed by atoms with van der Waals surface area (Å²) in [4.78, 5) is 0. The van der Waals surface area contributed by atoms with E-state index in [2.05, 4.69) is 6.92 Å². The van der Waals surface area contributed by atoms with E-state index < -0.39 is 0 Å². The molecule has 18 heavy (non-hydrogen) atoms. The summed E-state index contributed by atoms with van der Waals surface area (Å²) in [5, 5.41) is 0.708. The summed E-state index contributed by atoms with van der Waals surface area (Å²) in [5.41, 5.74) is 1.06. The van der Waals surface area contributed by atoms with Crippen molar-refractivity contribution in [2.45, 2.75) is 33.1 Å². The van der Waals surface area contributed by atoms with Gasteiger partial charge < -0.3 is 9.47 Å². The van der Waals surface area contributed by atoms with Gasteiger partial charge in [0.15, 0.2) is 11.5 Å². The highest BCUT2D eigenvalue weighted by Gasteiger charge is 2.15. The summed E-state index contributed by atoms with van der Waals surface area (Å²) in [6.07, 6.45) is 0.890. The quantitative estimate of drug-likeness (QED) is 0.667. The van der Waals surface area contributed by atoms with E-state index in [-0.39, 0.29) is 0 Å². The Balaban J connectivity index is 3.09. The van der Waals surface area contributed by atoms with E-state index in [0.29, 0.717) is 35.8 Å². The van der Waals surface area contributed by atoms with E-state index >= 15 is 0 Å². The summed E-state index contributed by atoms with van der Waals surface area (Å²) in [5.74, 6) is 2.38. The van der Waals surface area contributed by atoms with Gasteiger partial charge in [-0.1, -0.05) is 18.5 Å². The Morgan fingerprint density at radius 1 is 1.11 bits per heavy atom. The van der Waals surface area contributed by atoms with Crippen LogP contribution < -0.4 is 9.47 Å². The minimum absolute atomic E-state index is 0.310. The minimum atomic E-state index is 0.310. The maximum absolute atomic E-state index is 6.29. The van der Waals surface area contributed by atoms with Crippen LogP contribution in [0.4, 0.5) is 0 Å². The molecule has 0 aliphatic rings. The predicted octanol–water partition coefficient (Wildman–Crippen LogP) is 4.87. The second-order valence-electron chi connectivity index (χ2n) is 4.07. The lowest BCUT2D eigenvalue weighted by Crippen LogP contribution is -2.02. The predicted molar refractivity (Wildman–Crippen MR) is 77.5 cm³/mol. The number of hydrogen-bond donors (Lipinski definition) is 0. The maximum Gasteiger partial charge on any atom is 0.162 e. The molecule has 0 spiro atoms. The lowest BCUT2D eigenvalue weighted by Gasteiger charge is -2.17. The fraction of sp³-hybridized carbons (Fsp3) is 0.571. The first-order valence-electron chi connectivity index (χ1n) is 6.29. The van der Waals surface area contributed by atoms with Crippen LogP contribution in [0.5, 0.6) is 11.5 Å². The number of alkyl halides is 1. The molecule has 1 unspecified atom stereocenters. The molecular formula is C14H20Cl2O2. The van der Waals surface area contributed by atoms with Crippen molar-refractivity contribution >= 4 is 23.2 Å². The average Bonchev–Trinajstić information content (AvgIpc) is 2.33. The second kappa shape index (κ2) is 7.75. The van der Waals surface area contributed by atoms with Gasteiger partial charge in [-0.3, -0.25) is 0 Å². The Morgan fingerprint density at radius 3 is 2.17 bits per heavy atom. The van der Waals surface area contributed by atoms with Crippen LogP contribution in [0.15, 0.2) is 12.1 Å². The summed E-state index contributed by atoms with van der Waals surface area (Å²) >= 11 is 12.1. The van der Waals surface area contributed by atoms with Gasteiger partial charge >= 0.3 is 0 Å². The second-order valence-corrected chi connectivity index (χ2v) is 4.85. The molecule has 4 heteroatoms. The molecule has 0 radical (unpaired) electrons. The molecule has 0 saturated carbocycles. The molecule has 0 aliphatic heterocycles. The highest BCUT2D eigenvalue weighted by Crippen LogP contribution is 2.37. The van der Waals surface area contributed by atoms with Crippen molar-refractivity contribution in [2.24, 2.45) is 0 Å². The van der Waals surface area contributed by atoms with Gasteiger partial charge in [-0.15, -0.1) is 11.6 Å². The van der Waals surface area contributed by atoms with E-state index in [1.807, 2.05) is 26.0 Å². The Labute approximate surface area is 119 Å². The SMILES string of the molecule is CCOc1cc(Cl)c(C(C)CCCl)cc1OCC. The van der Waals surface area contributed by atoms with Gasteiger partial charge in [0.2, 0.25) is 0 Å². The van der Waals surface area contributed by atoms with Gasteiger partial charge in [0.05, 0.1) is 13.2 Å². The van der Waals surface area contributed by atoms with Crippen LogP contribution in [0.3, 0.4) is 0 Å². The number of rotatable bonds is 7. The van der Waals surface area contributed by atoms with Crippen molar-refractivity contribution in [3.63, 3.8) is 0 Å². The molecule has 0 bridgehead atoms. The molecule has 0 N–H and O–H groups in total. The van der Waals surface area contributed by atoms with Crippen LogP contribution in [0.2, 0.25) is 5.02 Å². The Hall–Kier alpha value is -0.600. The lowest BCUT2D eigenvalue weighted by atomic mass is 9.98. The van der Waals surface area contributed by atoms with Crippen LogP contribution in [-0.4, -0.2) is 19.1 Å². The lowest BCUT2D eigenvalue weighted by molar-refractivity contribution is 0.287. The van der Waals surface area contributed by atoms with Crippen molar-refractivity contribution < 1.29 is 9.47 Å². The first kappa shape index (κ1) is 15.5. The highest BCUT2D eigenvalue weighted by molar-refractivity contribution is 6.31. The molecule has 1 rings (SSSR count). The molecule has 1 atom stereocenters. The minimum Gasteiger partial charge on any atom is -0.490 e. The van der Waals surface area contributed by atoms with Crippen LogP contribution in [0.1, 0.15) is 38.7 Å². The third kappa shape index (κ3) is 3.96. The molecule has 1 aromatic rings. The van der Waals surface area contributed by atoms with E-state index in [1.165, 1.54) is 0 Å². The zero-order chi connectivity index (χ0) is 13.5. The van der Waals surface area contributed by atoms with Gasteiger partial charge in [0.1, 0.15) is 0 Å². The zero-order valence-electron chi connectivity index (χ0n) is 11.1. The van der Waals surface area contributed by atoms with Gasteiger partial charge in [-0.05, 0) is 37.8 Å². The van der Waals surface area contributed by atoms with Crippen LogP contribution >= 0.6 is 23.2 Å². The molecule has 0 amide bonds. The Morgan fingerprint density at radius 2 is 1.67 bits per heavy atom. The van der Waals surface area contributed by atoms with Gasteiger partial charge in [0, 0.05) is 17.0 Å². The molecule has 0 aliphatic carbocycles. The third-order valence-corrected chi connectivity index (χ3v) is 3.28. The molecule has 0 heterocycles. The van der Waals surface area contributed by atoms with Crippen molar-refractivity contribution in [1.29, 1.82) is 0 Å². The van der Waals surface area contributed by atoms with Crippen molar-refractivity contribution in [3.05, 3.63) is 22.7 Å². The Bertz CT molecular complexity index is 380. The van der Waals surface area contributed by atoms with Gasteiger partial charge in [-0.2, -0.15) is 0 Å². The van der Waals surface area contributed by atoms with E-state index in [4.69, 9.17) is 32.7 Å². The summed E-state index contributed by atoms with van der Waals surface area (Å²) < 4.78 is 11.1. The molecular weight excluding hydrogens is 271 g/mol. The van der Waals surface area contributed by atoms with E-state index in [9.17, 15) is 0 Å². The maximum atomic E-state index is 6.29. The first-order chi connectivity index (χ1) is 8.63. The molecule has 0 saturated heterocycles. The Kier molecular flexibility index (Phi) is 6.66. The first-order valence-corrected chi connectivity index (χ1v) is 7.20. The van der Waals surface area contributed by atoms with E-state index in [0.717, 1.165) is 17.7 Å². The van der Waals surface area contributed by atoms with Crippen molar-refractivity contribution in [3.8, 4) is 11.5 Å². The van der Waals surface area contributed by atoms with Crippen LogP contribution in [0.25, 0.3) is 0 Å². The van der Waals surface area contributed by atoms with Crippen LogP contribution in [-0.2, 0) is 0 Å². The fourth-order valence-corrected chi connectivity index (χ4v) is 2.45. The van der Waals surface area contributed by atoms with Gasteiger partial charge in [0.25, 0.3) is 0 Å². The summed E-state index contributed by atoms with van der Waals surface area (Å²) in [6, 6.07) is 3.80. The monoisotopic (exact) mass is 290 g/mol. The van der Waals surface area contributed by atoms with Gasteiger partial charge in [-0.25, -0.2) is 0 Å². The normalized spacial score (nSPS) is 12.3. The molecule has 102 valence electrons. The standard InChI is InChI=1S/C14H20Cl2O2/c1-4-17-13-8-11(10(3)6-7-15)12(16)9-14(13)18-5-2/h8-10H,4-7H2,1-3H3. The molecule has 1 aromatic carbocycles. The third-order valence-electron chi connectivity index (χ3n) is 2.74. The fourth-order valence-electron chi connectivity index (χ4n) is 1.78. The van der Waals surface area contributed by atoms with E-state index in [1.54, 1.807) is 0 Å². The number of benzene rings is 1. The topological polar surface area (TPSA) is 18.5 Å². The van der Waals surface area contributed by atoms with Crippen LogP contribution in [0, 0.1) is 0 Å². The number of hydrogen-bond acceptors (Lipinski definition) is 2. The molecule has 2 nitrogen and oxygen atoms in total. The molecule has 0 fully saturated rings.